The van der Waals surface area contributed by atoms with Crippen molar-refractivity contribution in [2.24, 2.45) is 0 Å². The molecule has 0 fully saturated rings. The van der Waals surface area contributed by atoms with Crippen LogP contribution in [-0.4, -0.2) is 39.8 Å². The number of hydrogen-bond donors (Lipinski definition) is 1. The fourth-order valence-electron chi connectivity index (χ4n) is 2.46. The maximum Gasteiger partial charge on any atom is 0.250 e. The molecule has 2 atom stereocenters. The summed E-state index contributed by atoms with van der Waals surface area (Å²) >= 11 is 0. The minimum Gasteiger partial charge on any atom is -0.391 e. The Kier molecular flexibility index (Phi) is 7.72. The van der Waals surface area contributed by atoms with Crippen LogP contribution in [0.25, 0.3) is 0 Å². The Bertz CT molecular complexity index is 486. The van der Waals surface area contributed by atoms with E-state index in [4.69, 9.17) is 0 Å². The highest BCUT2D eigenvalue weighted by molar-refractivity contribution is 4.95. The molecule has 1 rings (SSSR count). The summed E-state index contributed by atoms with van der Waals surface area (Å²) in [5, 5.41) is 10.5. The van der Waals surface area contributed by atoms with E-state index in [0.717, 1.165) is 6.42 Å². The first-order valence-electron chi connectivity index (χ1n) is 7.43. The van der Waals surface area contributed by atoms with Crippen LogP contribution in [0.3, 0.4) is 0 Å². The fraction of sp³-hybridized carbons (Fsp3) is 0.471. The lowest BCUT2D eigenvalue weighted by Crippen LogP contribution is -2.47. The lowest BCUT2D eigenvalue weighted by atomic mass is 10.0. The predicted molar refractivity (Wildman–Crippen MR) is 87.4 cm³/mol. The molecule has 0 saturated carbocycles. The van der Waals surface area contributed by atoms with Crippen LogP contribution in [0.2, 0.25) is 0 Å². The molecule has 0 unspecified atom stereocenters. The van der Waals surface area contributed by atoms with Gasteiger partial charge in [0.05, 0.1) is 12.1 Å². The van der Waals surface area contributed by atoms with Gasteiger partial charge >= 0.3 is 0 Å². The molecule has 21 heavy (non-hydrogen) atoms. The standard InChI is InChI=1S/C17H26N2O2/c1-4-9-16(20)15(18(11-5-2)12-6-3)14-19-13-8-7-10-17(19)21/h5-8,10,13,15-16,20H,2-4,9,11-12,14H2,1H3/t15-,16+/m0/s1. The van der Waals surface area contributed by atoms with Gasteiger partial charge in [0.1, 0.15) is 0 Å². The molecule has 0 radical (unpaired) electrons. The Labute approximate surface area is 127 Å². The van der Waals surface area contributed by atoms with Crippen molar-refractivity contribution >= 4 is 0 Å². The van der Waals surface area contributed by atoms with Crippen LogP contribution in [-0.2, 0) is 6.54 Å². The van der Waals surface area contributed by atoms with Gasteiger partial charge in [0.25, 0.3) is 5.56 Å². The zero-order chi connectivity index (χ0) is 15.7. The molecule has 0 amide bonds. The van der Waals surface area contributed by atoms with Crippen LogP contribution in [0, 0.1) is 0 Å². The topological polar surface area (TPSA) is 45.5 Å². The number of hydrogen-bond acceptors (Lipinski definition) is 3. The van der Waals surface area contributed by atoms with Crippen LogP contribution >= 0.6 is 0 Å². The van der Waals surface area contributed by atoms with Crippen LogP contribution in [0.1, 0.15) is 19.8 Å². The van der Waals surface area contributed by atoms with E-state index in [0.29, 0.717) is 26.1 Å². The van der Waals surface area contributed by atoms with Crippen LogP contribution in [0.15, 0.2) is 54.5 Å². The Hall–Kier alpha value is -1.65. The van der Waals surface area contributed by atoms with Gasteiger partial charge in [-0.3, -0.25) is 9.69 Å². The summed E-state index contributed by atoms with van der Waals surface area (Å²) in [4.78, 5) is 14.0. The average Bonchev–Trinajstić information content (AvgIpc) is 2.46. The SMILES string of the molecule is C=CCN(CC=C)[C@@H](Cn1ccccc1=O)[C@H](O)CCC. The molecule has 0 aliphatic carbocycles. The van der Waals surface area contributed by atoms with Gasteiger partial charge in [-0.1, -0.05) is 31.6 Å². The summed E-state index contributed by atoms with van der Waals surface area (Å²) in [5.74, 6) is 0. The summed E-state index contributed by atoms with van der Waals surface area (Å²) in [6.45, 7) is 11.3. The Balaban J connectivity index is 2.99. The number of pyridine rings is 1. The van der Waals surface area contributed by atoms with Crippen molar-refractivity contribution in [1.82, 2.24) is 9.47 Å². The summed E-state index contributed by atoms with van der Waals surface area (Å²) in [6.07, 6.45) is 6.50. The minimum absolute atomic E-state index is 0.0524. The lowest BCUT2D eigenvalue weighted by Gasteiger charge is -2.34. The Morgan fingerprint density at radius 3 is 2.52 bits per heavy atom. The van der Waals surface area contributed by atoms with E-state index in [1.807, 2.05) is 25.1 Å². The molecule has 1 aromatic rings. The van der Waals surface area contributed by atoms with Gasteiger partial charge in [-0.15, -0.1) is 13.2 Å². The molecule has 0 aliphatic rings. The number of rotatable bonds is 10. The van der Waals surface area contributed by atoms with Crippen molar-refractivity contribution in [2.75, 3.05) is 13.1 Å². The second-order valence-electron chi connectivity index (χ2n) is 5.15. The van der Waals surface area contributed by atoms with Crippen molar-refractivity contribution in [3.63, 3.8) is 0 Å². The second-order valence-corrected chi connectivity index (χ2v) is 5.15. The highest BCUT2D eigenvalue weighted by atomic mass is 16.3. The zero-order valence-electron chi connectivity index (χ0n) is 12.8. The molecular weight excluding hydrogens is 264 g/mol. The van der Waals surface area contributed by atoms with Crippen molar-refractivity contribution in [1.29, 1.82) is 0 Å². The third-order valence-electron chi connectivity index (χ3n) is 3.51. The fourth-order valence-corrected chi connectivity index (χ4v) is 2.46. The monoisotopic (exact) mass is 290 g/mol. The zero-order valence-corrected chi connectivity index (χ0v) is 12.8. The summed E-state index contributed by atoms with van der Waals surface area (Å²) < 4.78 is 1.64. The first-order chi connectivity index (χ1) is 10.1. The number of aliphatic hydroxyl groups excluding tert-OH is 1. The Morgan fingerprint density at radius 1 is 1.33 bits per heavy atom. The molecule has 0 aliphatic heterocycles. The minimum atomic E-state index is -0.484. The van der Waals surface area contributed by atoms with Gasteiger partial charge in [-0.25, -0.2) is 0 Å². The van der Waals surface area contributed by atoms with Crippen molar-refractivity contribution < 1.29 is 5.11 Å². The summed E-state index contributed by atoms with van der Waals surface area (Å²) in [6, 6.07) is 4.95. The molecule has 1 N–H and O–H groups in total. The Morgan fingerprint density at radius 2 is 2.00 bits per heavy atom. The van der Waals surface area contributed by atoms with E-state index < -0.39 is 6.10 Å². The molecule has 1 aromatic heterocycles. The molecule has 4 heteroatoms. The van der Waals surface area contributed by atoms with E-state index in [1.54, 1.807) is 16.8 Å². The molecular formula is C17H26N2O2. The maximum atomic E-state index is 11.9. The average molecular weight is 290 g/mol. The lowest BCUT2D eigenvalue weighted by molar-refractivity contribution is 0.0445. The number of aromatic nitrogens is 1. The second kappa shape index (κ2) is 9.32. The van der Waals surface area contributed by atoms with E-state index >= 15 is 0 Å². The van der Waals surface area contributed by atoms with Crippen molar-refractivity contribution in [3.8, 4) is 0 Å². The van der Waals surface area contributed by atoms with Crippen LogP contribution in [0.4, 0.5) is 0 Å². The van der Waals surface area contributed by atoms with Crippen LogP contribution < -0.4 is 5.56 Å². The van der Waals surface area contributed by atoms with E-state index in [9.17, 15) is 9.90 Å². The summed E-state index contributed by atoms with van der Waals surface area (Å²) in [7, 11) is 0. The number of nitrogens with zero attached hydrogens (tertiary/aromatic N) is 2. The van der Waals surface area contributed by atoms with Gasteiger partial charge in [-0.2, -0.15) is 0 Å². The first kappa shape index (κ1) is 17.4. The van der Waals surface area contributed by atoms with Crippen molar-refractivity contribution in [2.45, 2.75) is 38.5 Å². The molecule has 1 heterocycles. The molecule has 0 spiro atoms. The number of aliphatic hydroxyl groups is 1. The van der Waals surface area contributed by atoms with Gasteiger partial charge in [0.15, 0.2) is 0 Å². The van der Waals surface area contributed by atoms with Crippen molar-refractivity contribution in [3.05, 3.63) is 60.1 Å². The largest absolute Gasteiger partial charge is 0.391 e. The highest BCUT2D eigenvalue weighted by Crippen LogP contribution is 2.12. The van der Waals surface area contributed by atoms with Gasteiger partial charge in [-0.05, 0) is 12.5 Å². The van der Waals surface area contributed by atoms with Crippen LogP contribution in [0.5, 0.6) is 0 Å². The van der Waals surface area contributed by atoms with E-state index in [-0.39, 0.29) is 11.6 Å². The van der Waals surface area contributed by atoms with Gasteiger partial charge in [0, 0.05) is 31.9 Å². The van der Waals surface area contributed by atoms with Gasteiger partial charge in [0.2, 0.25) is 0 Å². The third-order valence-corrected chi connectivity index (χ3v) is 3.51. The predicted octanol–water partition coefficient (Wildman–Crippen LogP) is 2.05. The maximum absolute atomic E-state index is 11.9. The smallest absolute Gasteiger partial charge is 0.250 e. The molecule has 116 valence electrons. The molecule has 0 bridgehead atoms. The quantitative estimate of drug-likeness (QED) is 0.671. The van der Waals surface area contributed by atoms with E-state index in [2.05, 4.69) is 18.1 Å². The normalized spacial score (nSPS) is 13.9. The molecule has 0 saturated heterocycles. The molecule has 0 aromatic carbocycles. The summed E-state index contributed by atoms with van der Waals surface area (Å²) in [5.41, 5.74) is -0.0524. The highest BCUT2D eigenvalue weighted by Gasteiger charge is 2.24. The van der Waals surface area contributed by atoms with Gasteiger partial charge < -0.3 is 9.67 Å². The first-order valence-corrected chi connectivity index (χ1v) is 7.43. The third kappa shape index (κ3) is 5.33. The van der Waals surface area contributed by atoms with E-state index in [1.165, 1.54) is 6.07 Å². The molecule has 4 nitrogen and oxygen atoms in total.